The van der Waals surface area contributed by atoms with Gasteiger partial charge in [0, 0.05) is 35.1 Å². The van der Waals surface area contributed by atoms with Gasteiger partial charge in [0.2, 0.25) is 5.91 Å². The number of benzene rings is 5. The number of rotatable bonds is 9. The van der Waals surface area contributed by atoms with Crippen LogP contribution in [0.1, 0.15) is 42.9 Å². The molecule has 2 N–H and O–H groups in total. The fraction of sp³-hybridized carbons (Fsp3) is 0.365. The minimum absolute atomic E-state index is 0.0445. The summed E-state index contributed by atoms with van der Waals surface area (Å²) in [7, 11) is -0.967. The second-order valence-electron chi connectivity index (χ2n) is 18.8. The van der Waals surface area contributed by atoms with Crippen LogP contribution in [0.15, 0.2) is 127 Å². The van der Waals surface area contributed by atoms with E-state index in [1.165, 1.54) is 5.19 Å². The van der Waals surface area contributed by atoms with Crippen molar-refractivity contribution in [2.75, 3.05) is 48.2 Å². The van der Waals surface area contributed by atoms with Gasteiger partial charge in [-0.05, 0) is 104 Å². The van der Waals surface area contributed by atoms with E-state index in [9.17, 15) is 9.90 Å². The maximum Gasteiger partial charge on any atom is 0.268 e. The molecular formula is C52H57N5O6Si. The number of aliphatic hydroxyl groups excluding tert-OH is 1. The SMILES string of the molecule is COc1ccc([Si](C)(C)[C@@H]2[C@@H](CC(=O)N3Cc4ccccc4C[C@H]3CO)O[C@]3(C(=O)N(c4ccccc4)c4ccc(N5CN(c6ccccc6)C6(CCNCC6)C5=O)cc43)[C@H]2C)cc1. The van der Waals surface area contributed by atoms with Crippen molar-refractivity contribution >= 4 is 53.7 Å². The van der Waals surface area contributed by atoms with Crippen molar-refractivity contribution in [1.82, 2.24) is 10.2 Å². The quantitative estimate of drug-likeness (QED) is 0.155. The lowest BCUT2D eigenvalue weighted by atomic mass is 9.82. The monoisotopic (exact) mass is 875 g/mol. The van der Waals surface area contributed by atoms with Crippen LogP contribution in [0, 0.1) is 5.92 Å². The summed E-state index contributed by atoms with van der Waals surface area (Å²) in [5.41, 5.74) is 3.65. The van der Waals surface area contributed by atoms with E-state index in [1.54, 1.807) is 12.0 Å². The first-order valence-corrected chi connectivity index (χ1v) is 25.8. The number of aliphatic hydroxyl groups is 1. The van der Waals surface area contributed by atoms with Crippen molar-refractivity contribution in [2.45, 2.75) is 81.1 Å². The van der Waals surface area contributed by atoms with E-state index >= 15 is 9.59 Å². The highest BCUT2D eigenvalue weighted by molar-refractivity contribution is 6.91. The molecule has 10 rings (SSSR count). The Labute approximate surface area is 376 Å². The molecule has 0 bridgehead atoms. The minimum Gasteiger partial charge on any atom is -0.497 e. The van der Waals surface area contributed by atoms with Crippen molar-refractivity contribution < 1.29 is 29.0 Å². The second kappa shape index (κ2) is 16.3. The van der Waals surface area contributed by atoms with Crippen molar-refractivity contribution in [3.05, 3.63) is 144 Å². The molecule has 0 aliphatic carbocycles. The van der Waals surface area contributed by atoms with E-state index in [0.29, 0.717) is 49.4 Å². The van der Waals surface area contributed by atoms with Gasteiger partial charge >= 0.3 is 0 Å². The lowest BCUT2D eigenvalue weighted by molar-refractivity contribution is -0.150. The number of nitrogens with one attached hydrogen (secondary N) is 1. The second-order valence-corrected chi connectivity index (χ2v) is 23.5. The number of nitrogens with zero attached hydrogens (tertiary/aromatic N) is 4. The van der Waals surface area contributed by atoms with Crippen LogP contribution in [-0.4, -0.2) is 87.0 Å². The molecule has 0 aromatic heterocycles. The molecule has 12 heteroatoms. The Morgan fingerprint density at radius 3 is 2.16 bits per heavy atom. The van der Waals surface area contributed by atoms with Crippen molar-refractivity contribution in [3.8, 4) is 5.75 Å². The fourth-order valence-corrected chi connectivity index (χ4v) is 15.9. The maximum atomic E-state index is 15.8. The molecule has 2 spiro atoms. The lowest BCUT2D eigenvalue weighted by Gasteiger charge is -2.39. The number of anilines is 4. The highest BCUT2D eigenvalue weighted by Crippen LogP contribution is 2.62. The van der Waals surface area contributed by atoms with E-state index in [4.69, 9.17) is 9.47 Å². The van der Waals surface area contributed by atoms with Gasteiger partial charge in [-0.25, -0.2) is 0 Å². The molecule has 5 aliphatic rings. The number of para-hydroxylation sites is 2. The zero-order valence-corrected chi connectivity index (χ0v) is 38.1. The zero-order valence-electron chi connectivity index (χ0n) is 37.1. The van der Waals surface area contributed by atoms with Crippen molar-refractivity contribution in [3.63, 3.8) is 0 Å². The van der Waals surface area contributed by atoms with Crippen LogP contribution in [0.3, 0.4) is 0 Å². The van der Waals surface area contributed by atoms with E-state index in [-0.39, 0.29) is 48.3 Å². The lowest BCUT2D eigenvalue weighted by Crippen LogP contribution is -2.55. The Bertz CT molecular complexity index is 2570. The average Bonchev–Trinajstić information content (AvgIpc) is 3.88. The number of piperidine rings is 1. The molecule has 5 atom stereocenters. The largest absolute Gasteiger partial charge is 0.497 e. The molecule has 3 amide bonds. The van der Waals surface area contributed by atoms with E-state index in [2.05, 4.69) is 66.6 Å². The summed E-state index contributed by atoms with van der Waals surface area (Å²) in [6.45, 7) is 8.84. The Morgan fingerprint density at radius 2 is 1.48 bits per heavy atom. The Kier molecular flexibility index (Phi) is 10.8. The van der Waals surface area contributed by atoms with E-state index < -0.39 is 25.3 Å². The number of hydrogen-bond donors (Lipinski definition) is 2. The average molecular weight is 876 g/mol. The topological polar surface area (TPSA) is 115 Å². The highest BCUT2D eigenvalue weighted by atomic mass is 28.3. The molecule has 330 valence electrons. The zero-order chi connectivity index (χ0) is 44.4. The van der Waals surface area contributed by atoms with Crippen molar-refractivity contribution in [2.24, 2.45) is 5.92 Å². The molecule has 64 heavy (non-hydrogen) atoms. The fourth-order valence-electron chi connectivity index (χ4n) is 11.9. The van der Waals surface area contributed by atoms with Gasteiger partial charge in [-0.3, -0.25) is 24.2 Å². The molecule has 0 radical (unpaired) electrons. The summed E-state index contributed by atoms with van der Waals surface area (Å²) in [5, 5.41) is 15.3. The molecule has 5 aromatic carbocycles. The van der Waals surface area contributed by atoms with Crippen molar-refractivity contribution in [1.29, 1.82) is 0 Å². The molecule has 5 heterocycles. The molecule has 11 nitrogen and oxygen atoms in total. The number of carbonyl (C=O) groups is 3. The number of methoxy groups -OCH3 is 1. The van der Waals surface area contributed by atoms with Gasteiger partial charge in [-0.1, -0.05) is 98.0 Å². The first kappa shape index (κ1) is 42.2. The first-order chi connectivity index (χ1) is 31.0. The number of carbonyl (C=O) groups excluding carboxylic acids is 3. The number of amides is 3. The molecule has 0 saturated carbocycles. The summed E-state index contributed by atoms with van der Waals surface area (Å²) >= 11 is 0. The summed E-state index contributed by atoms with van der Waals surface area (Å²) in [6.07, 6.45) is 1.32. The molecular weight excluding hydrogens is 819 g/mol. The maximum absolute atomic E-state index is 15.8. The van der Waals surface area contributed by atoms with Gasteiger partial charge in [0.05, 0.1) is 52.7 Å². The smallest absolute Gasteiger partial charge is 0.268 e. The third kappa shape index (κ3) is 6.59. The Morgan fingerprint density at radius 1 is 0.828 bits per heavy atom. The van der Waals surface area contributed by atoms with Crippen LogP contribution >= 0.6 is 0 Å². The molecule has 5 aliphatic heterocycles. The standard InChI is InChI=1S/C52H57N5O6Si/c1-35-48(64(3,4)43-22-20-42(62-2)21-23-43)46(31-47(59)54-32-37-14-12-11-13-36(37)29-41(54)33-58)63-52(35)44-30-40(19-24-45(44)57(50(52)61)39-17-9-6-10-18-39)55-34-56(38-15-7-5-8-16-38)51(49(55)60)25-27-53-28-26-51/h5-24,30,35,41,46,48,53,58H,25-29,31-34H2,1-4H3/t35-,41-,46+,48-,52+/m0/s1. The van der Waals surface area contributed by atoms with Crippen LogP contribution in [0.5, 0.6) is 5.75 Å². The van der Waals surface area contributed by atoms with E-state index in [0.717, 1.165) is 41.3 Å². The Hall–Kier alpha value is -5.79. The summed E-state index contributed by atoms with van der Waals surface area (Å²) in [5.74, 6) is 0.111. The summed E-state index contributed by atoms with van der Waals surface area (Å²) in [6, 6.07) is 41.8. The first-order valence-electron chi connectivity index (χ1n) is 22.7. The predicted molar refractivity (Wildman–Crippen MR) is 252 cm³/mol. The van der Waals surface area contributed by atoms with Gasteiger partial charge in [0.15, 0.2) is 5.60 Å². The molecule has 3 fully saturated rings. The predicted octanol–water partition coefficient (Wildman–Crippen LogP) is 6.86. The minimum atomic E-state index is -2.63. The van der Waals surface area contributed by atoms with Gasteiger partial charge in [0.25, 0.3) is 11.8 Å². The molecule has 5 aromatic rings. The van der Waals surface area contributed by atoms with Crippen LogP contribution in [0.25, 0.3) is 0 Å². The normalized spacial score (nSPS) is 25.0. The number of ether oxygens (including phenoxy) is 2. The van der Waals surface area contributed by atoms with E-state index in [1.807, 2.05) is 101 Å². The molecule has 0 unspecified atom stereocenters. The van der Waals surface area contributed by atoms with Gasteiger partial charge in [-0.2, -0.15) is 0 Å². The summed E-state index contributed by atoms with van der Waals surface area (Å²) < 4.78 is 13.1. The van der Waals surface area contributed by atoms with Gasteiger partial charge in [0.1, 0.15) is 11.3 Å². The molecule has 3 saturated heterocycles. The third-order valence-electron chi connectivity index (χ3n) is 15.3. The number of hydrogen-bond acceptors (Lipinski definition) is 8. The van der Waals surface area contributed by atoms with Gasteiger partial charge in [-0.15, -0.1) is 0 Å². The third-order valence-corrected chi connectivity index (χ3v) is 19.6. The van der Waals surface area contributed by atoms with Crippen LogP contribution in [0.2, 0.25) is 18.6 Å². The van der Waals surface area contributed by atoms with Crippen LogP contribution < -0.4 is 29.9 Å². The number of fused-ring (bicyclic) bond motifs is 3. The van der Waals surface area contributed by atoms with Crippen LogP contribution in [-0.2, 0) is 37.7 Å². The van der Waals surface area contributed by atoms with Gasteiger partial charge < -0.3 is 29.7 Å². The van der Waals surface area contributed by atoms with Crippen LogP contribution in [0.4, 0.5) is 22.7 Å². The summed E-state index contributed by atoms with van der Waals surface area (Å²) in [4.78, 5) is 53.5. The Balaban J connectivity index is 1.10. The highest BCUT2D eigenvalue weighted by Gasteiger charge is 2.67.